The lowest BCUT2D eigenvalue weighted by molar-refractivity contribution is -0.0313. The highest BCUT2D eigenvalue weighted by Crippen LogP contribution is 2.45. The lowest BCUT2D eigenvalue weighted by Crippen LogP contribution is -2.57. The number of piperidine rings is 1. The van der Waals surface area contributed by atoms with Gasteiger partial charge in [0.25, 0.3) is 0 Å². The molecule has 0 saturated carbocycles. The molecule has 2 bridgehead atoms. The molecule has 2 aliphatic heterocycles. The van der Waals surface area contributed by atoms with Gasteiger partial charge in [0.15, 0.2) is 0 Å². The van der Waals surface area contributed by atoms with E-state index in [1.54, 1.807) is 0 Å². The van der Waals surface area contributed by atoms with E-state index in [1.165, 1.54) is 11.3 Å². The molecule has 138 valence electrons. The van der Waals surface area contributed by atoms with Gasteiger partial charge in [-0.3, -0.25) is 10.2 Å². The molecule has 3 heterocycles. The number of carbonyl (C=O) groups is 2. The maximum absolute atomic E-state index is 12.7. The van der Waals surface area contributed by atoms with Crippen LogP contribution in [0.25, 0.3) is 0 Å². The molecule has 3 rings (SSSR count). The Labute approximate surface area is 152 Å². The fourth-order valence-electron chi connectivity index (χ4n) is 3.81. The molecule has 2 atom stereocenters. The third-order valence-corrected chi connectivity index (χ3v) is 5.59. The van der Waals surface area contributed by atoms with Crippen molar-refractivity contribution in [2.24, 2.45) is 0 Å². The molecule has 25 heavy (non-hydrogen) atoms. The van der Waals surface area contributed by atoms with Gasteiger partial charge in [0.1, 0.15) is 12.2 Å². The normalized spacial score (nSPS) is 25.6. The van der Waals surface area contributed by atoms with Gasteiger partial charge in [-0.25, -0.2) is 9.59 Å². The average Bonchev–Trinajstić information content (AvgIpc) is 3.09. The Balaban J connectivity index is 1.66. The quantitative estimate of drug-likeness (QED) is 0.847. The van der Waals surface area contributed by atoms with Crippen molar-refractivity contribution in [3.8, 4) is 0 Å². The van der Waals surface area contributed by atoms with Crippen LogP contribution in [-0.4, -0.2) is 40.9 Å². The number of nitrogens with one attached hydrogen (secondary N) is 1. The highest BCUT2D eigenvalue weighted by atomic mass is 32.1. The third-order valence-electron chi connectivity index (χ3n) is 4.81. The van der Waals surface area contributed by atoms with E-state index in [9.17, 15) is 9.59 Å². The van der Waals surface area contributed by atoms with E-state index in [0.717, 1.165) is 37.1 Å². The van der Waals surface area contributed by atoms with Crippen molar-refractivity contribution in [1.29, 1.82) is 0 Å². The summed E-state index contributed by atoms with van der Waals surface area (Å²) < 4.78 is 11.1. The minimum absolute atomic E-state index is 0.188. The molecule has 1 aromatic heterocycles. The number of hydrogen-bond donors (Lipinski definition) is 1. The summed E-state index contributed by atoms with van der Waals surface area (Å²) in [7, 11) is 0. The minimum atomic E-state index is -0.535. The molecule has 2 aliphatic rings. The van der Waals surface area contributed by atoms with Gasteiger partial charge in [0.05, 0.1) is 10.5 Å². The molecular weight excluding hydrogens is 340 g/mol. The number of rotatable bonds is 3. The van der Waals surface area contributed by atoms with Crippen molar-refractivity contribution in [1.82, 2.24) is 4.90 Å². The number of thiophene rings is 1. The molecule has 1 aromatic rings. The van der Waals surface area contributed by atoms with Gasteiger partial charge < -0.3 is 9.47 Å². The van der Waals surface area contributed by atoms with Crippen LogP contribution >= 0.6 is 11.3 Å². The summed E-state index contributed by atoms with van der Waals surface area (Å²) in [6.07, 6.45) is 3.89. The molecule has 6 nitrogen and oxygen atoms in total. The summed E-state index contributed by atoms with van der Waals surface area (Å²) in [6, 6.07) is 3.88. The monoisotopic (exact) mass is 366 g/mol. The Bertz CT molecular complexity index is 622. The van der Waals surface area contributed by atoms with Crippen molar-refractivity contribution in [2.75, 3.05) is 11.9 Å². The van der Waals surface area contributed by atoms with E-state index < -0.39 is 17.2 Å². The SMILES string of the molecule is CC(C)(C)OC(=O)N1C2CCCC1(COC(=O)Nc1cccs1)CC2. The van der Waals surface area contributed by atoms with Crippen LogP contribution in [0, 0.1) is 0 Å². The maximum Gasteiger partial charge on any atom is 0.412 e. The van der Waals surface area contributed by atoms with Gasteiger partial charge in [-0.15, -0.1) is 11.3 Å². The van der Waals surface area contributed by atoms with Crippen LogP contribution in [0.15, 0.2) is 17.5 Å². The van der Waals surface area contributed by atoms with Gasteiger partial charge in [0, 0.05) is 6.04 Å². The summed E-state index contributed by atoms with van der Waals surface area (Å²) in [5.41, 5.74) is -0.968. The van der Waals surface area contributed by atoms with E-state index in [0.29, 0.717) is 0 Å². The zero-order valence-corrected chi connectivity index (χ0v) is 15.9. The predicted molar refractivity (Wildman–Crippen MR) is 97.0 cm³/mol. The molecule has 0 spiro atoms. The Kier molecular flexibility index (Phi) is 4.95. The second-order valence-electron chi connectivity index (χ2n) is 7.84. The van der Waals surface area contributed by atoms with Crippen molar-refractivity contribution in [3.63, 3.8) is 0 Å². The van der Waals surface area contributed by atoms with Gasteiger partial charge >= 0.3 is 12.2 Å². The van der Waals surface area contributed by atoms with Crippen LogP contribution in [0.3, 0.4) is 0 Å². The summed E-state index contributed by atoms with van der Waals surface area (Å²) in [6.45, 7) is 5.82. The molecule has 1 N–H and O–H groups in total. The molecule has 2 unspecified atom stereocenters. The van der Waals surface area contributed by atoms with Crippen LogP contribution in [-0.2, 0) is 9.47 Å². The number of carbonyl (C=O) groups excluding carboxylic acids is 2. The number of nitrogens with zero attached hydrogens (tertiary/aromatic N) is 1. The first-order chi connectivity index (χ1) is 11.8. The van der Waals surface area contributed by atoms with E-state index in [2.05, 4.69) is 5.32 Å². The molecule has 2 amide bonds. The Morgan fingerprint density at radius 2 is 2.16 bits per heavy atom. The van der Waals surface area contributed by atoms with Crippen molar-refractivity contribution in [3.05, 3.63) is 17.5 Å². The zero-order valence-electron chi connectivity index (χ0n) is 15.0. The minimum Gasteiger partial charge on any atom is -0.447 e. The fraction of sp³-hybridized carbons (Fsp3) is 0.667. The summed E-state index contributed by atoms with van der Waals surface area (Å²) in [5, 5.41) is 5.36. The number of anilines is 1. The lowest BCUT2D eigenvalue weighted by atomic mass is 9.89. The molecule has 2 fully saturated rings. The standard InChI is InChI=1S/C18H26N2O4S/c1-17(2,3)24-16(22)20-13-6-4-9-18(20,10-8-13)12-23-15(21)19-14-7-5-11-25-14/h5,7,11,13H,4,6,8-10,12H2,1-3H3,(H,19,21). The van der Waals surface area contributed by atoms with Crippen molar-refractivity contribution >= 4 is 28.5 Å². The molecule has 0 aromatic carbocycles. The van der Waals surface area contributed by atoms with Crippen LogP contribution in [0.5, 0.6) is 0 Å². The molecule has 2 saturated heterocycles. The topological polar surface area (TPSA) is 67.9 Å². The summed E-state index contributed by atoms with van der Waals surface area (Å²) >= 11 is 1.44. The lowest BCUT2D eigenvalue weighted by Gasteiger charge is -2.44. The van der Waals surface area contributed by atoms with E-state index in [1.807, 2.05) is 43.2 Å². The second kappa shape index (κ2) is 6.86. The predicted octanol–water partition coefficient (Wildman–Crippen LogP) is 4.62. The second-order valence-corrected chi connectivity index (χ2v) is 8.79. The third kappa shape index (κ3) is 4.08. The highest BCUT2D eigenvalue weighted by molar-refractivity contribution is 7.14. The number of fused-ring (bicyclic) bond motifs is 2. The van der Waals surface area contributed by atoms with Gasteiger partial charge in [-0.1, -0.05) is 0 Å². The first-order valence-electron chi connectivity index (χ1n) is 8.79. The summed E-state index contributed by atoms with van der Waals surface area (Å²) in [4.78, 5) is 26.6. The van der Waals surface area contributed by atoms with Crippen LogP contribution < -0.4 is 5.32 Å². The molecule has 0 radical (unpaired) electrons. The Morgan fingerprint density at radius 3 is 2.84 bits per heavy atom. The fourth-order valence-corrected chi connectivity index (χ4v) is 4.41. The number of ether oxygens (including phenoxy) is 2. The van der Waals surface area contributed by atoms with Crippen molar-refractivity contribution < 1.29 is 19.1 Å². The van der Waals surface area contributed by atoms with Crippen molar-refractivity contribution in [2.45, 2.75) is 70.1 Å². The Morgan fingerprint density at radius 1 is 1.36 bits per heavy atom. The average molecular weight is 366 g/mol. The van der Waals surface area contributed by atoms with E-state index in [-0.39, 0.29) is 18.7 Å². The van der Waals surface area contributed by atoms with Gasteiger partial charge in [-0.2, -0.15) is 0 Å². The van der Waals surface area contributed by atoms with Gasteiger partial charge in [0.2, 0.25) is 0 Å². The van der Waals surface area contributed by atoms with Crippen LogP contribution in [0.2, 0.25) is 0 Å². The number of amides is 2. The smallest absolute Gasteiger partial charge is 0.412 e. The summed E-state index contributed by atoms with van der Waals surface area (Å²) in [5.74, 6) is 0. The molecular formula is C18H26N2O4S. The highest BCUT2D eigenvalue weighted by Gasteiger charge is 2.53. The van der Waals surface area contributed by atoms with Gasteiger partial charge in [-0.05, 0) is 70.4 Å². The first kappa shape index (κ1) is 18.0. The largest absolute Gasteiger partial charge is 0.447 e. The van der Waals surface area contributed by atoms with E-state index >= 15 is 0 Å². The molecule has 0 aliphatic carbocycles. The first-order valence-corrected chi connectivity index (χ1v) is 9.67. The number of hydrogen-bond acceptors (Lipinski definition) is 5. The zero-order chi connectivity index (χ0) is 18.1. The van der Waals surface area contributed by atoms with Crippen LogP contribution in [0.4, 0.5) is 14.6 Å². The van der Waals surface area contributed by atoms with Crippen LogP contribution in [0.1, 0.15) is 52.9 Å². The Hall–Kier alpha value is -1.76. The van der Waals surface area contributed by atoms with E-state index in [4.69, 9.17) is 9.47 Å². The molecule has 7 heteroatoms. The maximum atomic E-state index is 12.7.